The van der Waals surface area contributed by atoms with E-state index in [4.69, 9.17) is 9.15 Å². The van der Waals surface area contributed by atoms with Crippen LogP contribution in [0.5, 0.6) is 0 Å². The minimum absolute atomic E-state index is 0.0209. The number of morpholine rings is 1. The van der Waals surface area contributed by atoms with Gasteiger partial charge in [0, 0.05) is 13.1 Å². The topological polar surface area (TPSA) is 86.3 Å². The zero-order valence-corrected chi connectivity index (χ0v) is 16.6. The van der Waals surface area contributed by atoms with E-state index >= 15 is 0 Å². The maximum Gasteiger partial charge on any atom is 0.197 e. The van der Waals surface area contributed by atoms with E-state index in [2.05, 4.69) is 20.4 Å². The molecule has 0 radical (unpaired) electrons. The van der Waals surface area contributed by atoms with Gasteiger partial charge in [0.05, 0.1) is 30.2 Å². The van der Waals surface area contributed by atoms with E-state index in [1.807, 2.05) is 29.8 Å². The summed E-state index contributed by atoms with van der Waals surface area (Å²) in [6.07, 6.45) is 6.10. The van der Waals surface area contributed by atoms with Gasteiger partial charge in [0.25, 0.3) is 0 Å². The van der Waals surface area contributed by atoms with E-state index in [1.54, 1.807) is 6.26 Å². The molecule has 1 aliphatic carbocycles. The van der Waals surface area contributed by atoms with Gasteiger partial charge < -0.3 is 9.15 Å². The average molecular weight is 395 g/mol. The fraction of sp³-hybridized carbons (Fsp3) is 0.524. The highest BCUT2D eigenvalue weighted by atomic mass is 16.5. The minimum Gasteiger partial charge on any atom is -0.464 e. The third-order valence-corrected chi connectivity index (χ3v) is 6.09. The molecule has 0 bridgehead atoms. The van der Waals surface area contributed by atoms with Gasteiger partial charge in [0.2, 0.25) is 0 Å². The van der Waals surface area contributed by atoms with Crippen molar-refractivity contribution < 1.29 is 9.15 Å². The van der Waals surface area contributed by atoms with Gasteiger partial charge in [0.15, 0.2) is 11.3 Å². The molecule has 1 aromatic carbocycles. The van der Waals surface area contributed by atoms with Crippen molar-refractivity contribution in [2.45, 2.75) is 44.7 Å². The Morgan fingerprint density at radius 1 is 1.17 bits per heavy atom. The molecule has 2 aromatic heterocycles. The van der Waals surface area contributed by atoms with E-state index in [-0.39, 0.29) is 11.5 Å². The Labute approximate surface area is 168 Å². The van der Waals surface area contributed by atoms with Crippen molar-refractivity contribution in [3.05, 3.63) is 51.6 Å². The summed E-state index contributed by atoms with van der Waals surface area (Å²) in [5.74, 6) is 0.720. The van der Waals surface area contributed by atoms with Gasteiger partial charge in [-0.25, -0.2) is 4.68 Å². The average Bonchev–Trinajstić information content (AvgIpc) is 3.43. The standard InChI is InChI=1S/C21H25N5O3/c1-14-6-7-18-16(12-14)20(27)17(13-29-18)19(25-8-10-28-11-9-25)21-22-23-24-26(21)15-4-2-3-5-15/h6-7,12-13,15,19H,2-5,8-11H2,1H3/t19-/m0/s1. The summed E-state index contributed by atoms with van der Waals surface area (Å²) in [7, 11) is 0. The lowest BCUT2D eigenvalue weighted by Crippen LogP contribution is -2.42. The molecule has 2 fully saturated rings. The van der Waals surface area contributed by atoms with Crippen LogP contribution < -0.4 is 5.43 Å². The van der Waals surface area contributed by atoms with Crippen molar-refractivity contribution in [3.8, 4) is 0 Å². The quantitative estimate of drug-likeness (QED) is 0.671. The highest BCUT2D eigenvalue weighted by Gasteiger charge is 2.34. The fourth-order valence-electron chi connectivity index (χ4n) is 4.57. The molecule has 3 heterocycles. The molecular formula is C21H25N5O3. The minimum atomic E-state index is -0.351. The van der Waals surface area contributed by atoms with Crippen LogP contribution in [0.25, 0.3) is 11.0 Å². The first-order valence-electron chi connectivity index (χ1n) is 10.3. The van der Waals surface area contributed by atoms with Crippen LogP contribution in [0, 0.1) is 6.92 Å². The summed E-state index contributed by atoms with van der Waals surface area (Å²) in [5, 5.41) is 13.3. The molecular weight excluding hydrogens is 370 g/mol. The third kappa shape index (κ3) is 3.36. The fourth-order valence-corrected chi connectivity index (χ4v) is 4.57. The Morgan fingerprint density at radius 3 is 2.76 bits per heavy atom. The van der Waals surface area contributed by atoms with Crippen LogP contribution in [0.1, 0.15) is 54.7 Å². The zero-order valence-electron chi connectivity index (χ0n) is 16.6. The number of hydrogen-bond donors (Lipinski definition) is 0. The Balaban J connectivity index is 1.66. The maximum atomic E-state index is 13.5. The molecule has 1 aliphatic heterocycles. The van der Waals surface area contributed by atoms with Crippen LogP contribution >= 0.6 is 0 Å². The molecule has 8 nitrogen and oxygen atoms in total. The van der Waals surface area contributed by atoms with Gasteiger partial charge in [-0.3, -0.25) is 9.69 Å². The van der Waals surface area contributed by atoms with Gasteiger partial charge in [-0.2, -0.15) is 0 Å². The number of aryl methyl sites for hydroxylation is 1. The smallest absolute Gasteiger partial charge is 0.197 e. The van der Waals surface area contributed by atoms with Gasteiger partial charge in [0.1, 0.15) is 17.9 Å². The molecule has 0 spiro atoms. The lowest BCUT2D eigenvalue weighted by Gasteiger charge is -2.33. The number of fused-ring (bicyclic) bond motifs is 1. The number of ether oxygens (including phenoxy) is 1. The maximum absolute atomic E-state index is 13.5. The molecule has 3 aromatic rings. The zero-order chi connectivity index (χ0) is 19.8. The summed E-state index contributed by atoms with van der Waals surface area (Å²) in [6, 6.07) is 5.63. The summed E-state index contributed by atoms with van der Waals surface area (Å²) < 4.78 is 13.4. The van der Waals surface area contributed by atoms with Gasteiger partial charge in [-0.15, -0.1) is 5.10 Å². The van der Waals surface area contributed by atoms with Crippen LogP contribution in [0.2, 0.25) is 0 Å². The molecule has 1 atom stereocenters. The van der Waals surface area contributed by atoms with Crippen molar-refractivity contribution in [1.82, 2.24) is 25.1 Å². The second-order valence-electron chi connectivity index (χ2n) is 7.99. The molecule has 152 valence electrons. The summed E-state index contributed by atoms with van der Waals surface area (Å²) >= 11 is 0. The van der Waals surface area contributed by atoms with Crippen molar-refractivity contribution in [3.63, 3.8) is 0 Å². The predicted octanol–water partition coefficient (Wildman–Crippen LogP) is 2.62. The molecule has 1 saturated heterocycles. The van der Waals surface area contributed by atoms with E-state index in [0.29, 0.717) is 48.9 Å². The monoisotopic (exact) mass is 395 g/mol. The van der Waals surface area contributed by atoms with E-state index < -0.39 is 0 Å². The highest BCUT2D eigenvalue weighted by molar-refractivity contribution is 5.77. The first kappa shape index (κ1) is 18.4. The molecule has 8 heteroatoms. The first-order chi connectivity index (χ1) is 14.2. The van der Waals surface area contributed by atoms with Gasteiger partial charge >= 0.3 is 0 Å². The Hall–Kier alpha value is -2.58. The molecule has 2 aliphatic rings. The largest absolute Gasteiger partial charge is 0.464 e. The Morgan fingerprint density at radius 2 is 1.97 bits per heavy atom. The van der Waals surface area contributed by atoms with E-state index in [0.717, 1.165) is 24.2 Å². The second kappa shape index (κ2) is 7.68. The number of nitrogens with zero attached hydrogens (tertiary/aromatic N) is 5. The number of aromatic nitrogens is 4. The van der Waals surface area contributed by atoms with Crippen molar-refractivity contribution >= 4 is 11.0 Å². The van der Waals surface area contributed by atoms with Crippen LogP contribution in [0.4, 0.5) is 0 Å². The molecule has 0 unspecified atom stereocenters. The van der Waals surface area contributed by atoms with Crippen LogP contribution in [-0.4, -0.2) is 51.4 Å². The number of rotatable bonds is 4. The summed E-state index contributed by atoms with van der Waals surface area (Å²) in [4.78, 5) is 15.7. The summed E-state index contributed by atoms with van der Waals surface area (Å²) in [5.41, 5.74) is 2.19. The van der Waals surface area contributed by atoms with Gasteiger partial charge in [-0.1, -0.05) is 24.5 Å². The third-order valence-electron chi connectivity index (χ3n) is 6.09. The Kier molecular flexibility index (Phi) is 4.89. The predicted molar refractivity (Wildman–Crippen MR) is 107 cm³/mol. The highest BCUT2D eigenvalue weighted by Crippen LogP contribution is 2.34. The molecule has 0 amide bonds. The number of benzene rings is 1. The van der Waals surface area contributed by atoms with Crippen LogP contribution in [0.3, 0.4) is 0 Å². The SMILES string of the molecule is Cc1ccc2occ([C@@H](c3nnnn3C3CCCC3)N3CCOCC3)c(=O)c2c1. The number of hydrogen-bond acceptors (Lipinski definition) is 7. The first-order valence-corrected chi connectivity index (χ1v) is 10.3. The molecule has 1 saturated carbocycles. The second-order valence-corrected chi connectivity index (χ2v) is 7.99. The van der Waals surface area contributed by atoms with Crippen molar-refractivity contribution in [1.29, 1.82) is 0 Å². The van der Waals surface area contributed by atoms with Crippen LogP contribution in [-0.2, 0) is 4.74 Å². The molecule has 5 rings (SSSR count). The Bertz CT molecular complexity index is 1060. The van der Waals surface area contributed by atoms with E-state index in [9.17, 15) is 4.79 Å². The normalized spacial score (nSPS) is 19.8. The van der Waals surface area contributed by atoms with Crippen molar-refractivity contribution in [2.24, 2.45) is 0 Å². The molecule has 0 N–H and O–H groups in total. The van der Waals surface area contributed by atoms with Gasteiger partial charge in [-0.05, 0) is 42.3 Å². The number of tetrazole rings is 1. The molecule has 29 heavy (non-hydrogen) atoms. The van der Waals surface area contributed by atoms with Crippen molar-refractivity contribution in [2.75, 3.05) is 26.3 Å². The van der Waals surface area contributed by atoms with Crippen LogP contribution in [0.15, 0.2) is 33.7 Å². The summed E-state index contributed by atoms with van der Waals surface area (Å²) in [6.45, 7) is 4.66. The van der Waals surface area contributed by atoms with E-state index in [1.165, 1.54) is 12.8 Å². The lowest BCUT2D eigenvalue weighted by atomic mass is 10.0. The lowest BCUT2D eigenvalue weighted by molar-refractivity contribution is 0.0208.